The highest BCUT2D eigenvalue weighted by molar-refractivity contribution is 14.0. The molecule has 1 atom stereocenters. The first-order valence-electron chi connectivity index (χ1n) is 11.4. The second kappa shape index (κ2) is 11.8. The molecule has 0 bridgehead atoms. The molecule has 1 aliphatic heterocycles. The molecular formula is C23H36IN7O. The van der Waals surface area contributed by atoms with Crippen molar-refractivity contribution in [2.24, 2.45) is 12.0 Å². The first kappa shape index (κ1) is 24.8. The average molecular weight is 553 g/mol. The zero-order valence-corrected chi connectivity index (χ0v) is 21.7. The number of halogens is 1. The number of guanidine groups is 1. The number of nitrogens with zero attached hydrogens (tertiary/aromatic N) is 5. The Hall–Kier alpha value is -1.88. The van der Waals surface area contributed by atoms with E-state index in [9.17, 15) is 0 Å². The molecule has 2 aliphatic rings. The molecule has 1 aromatic carbocycles. The Bertz CT molecular complexity index is 877. The lowest BCUT2D eigenvalue weighted by molar-refractivity contribution is 0.242. The van der Waals surface area contributed by atoms with E-state index in [1.807, 2.05) is 30.7 Å². The lowest BCUT2D eigenvalue weighted by Gasteiger charge is -2.24. The number of hydrogen-bond acceptors (Lipinski definition) is 5. The minimum absolute atomic E-state index is 0. The maximum absolute atomic E-state index is 5.26. The molecule has 1 aliphatic carbocycles. The molecule has 2 N–H and O–H groups in total. The highest BCUT2D eigenvalue weighted by atomic mass is 127. The highest BCUT2D eigenvalue weighted by Gasteiger charge is 2.30. The molecular weight excluding hydrogens is 517 g/mol. The van der Waals surface area contributed by atoms with E-state index in [1.54, 1.807) is 7.11 Å². The van der Waals surface area contributed by atoms with Crippen molar-refractivity contribution >= 4 is 29.9 Å². The summed E-state index contributed by atoms with van der Waals surface area (Å²) in [6.45, 7) is 5.43. The van der Waals surface area contributed by atoms with Gasteiger partial charge in [0.25, 0.3) is 0 Å². The Balaban J connectivity index is 0.00000289. The lowest BCUT2D eigenvalue weighted by Crippen LogP contribution is -2.45. The number of aliphatic imine (C=N–C) groups is 1. The lowest BCUT2D eigenvalue weighted by atomic mass is 10.2. The van der Waals surface area contributed by atoms with Crippen molar-refractivity contribution in [1.82, 2.24) is 30.3 Å². The number of hydrogen-bond donors (Lipinski definition) is 2. The smallest absolute Gasteiger partial charge is 0.192 e. The molecule has 1 saturated heterocycles. The quantitative estimate of drug-likeness (QED) is 0.312. The Labute approximate surface area is 208 Å². The SMILES string of the molecule is COc1ccc(CN=C(NCc2nnc(C)n2C)NC2CCN(C3CCCC3)C2)cc1.I. The van der Waals surface area contributed by atoms with Crippen LogP contribution in [0, 0.1) is 6.92 Å². The molecule has 9 heteroatoms. The first-order chi connectivity index (χ1) is 15.1. The van der Waals surface area contributed by atoms with Crippen LogP contribution in [-0.4, -0.2) is 57.9 Å². The van der Waals surface area contributed by atoms with Crippen LogP contribution in [0.25, 0.3) is 0 Å². The van der Waals surface area contributed by atoms with Gasteiger partial charge in [-0.05, 0) is 43.9 Å². The van der Waals surface area contributed by atoms with Crippen LogP contribution in [0.5, 0.6) is 5.75 Å². The molecule has 0 radical (unpaired) electrons. The minimum atomic E-state index is 0. The van der Waals surface area contributed by atoms with Crippen molar-refractivity contribution in [3.8, 4) is 5.75 Å². The largest absolute Gasteiger partial charge is 0.497 e. The minimum Gasteiger partial charge on any atom is -0.497 e. The molecule has 1 aromatic heterocycles. The molecule has 0 amide bonds. The van der Waals surface area contributed by atoms with E-state index >= 15 is 0 Å². The third kappa shape index (κ3) is 6.34. The van der Waals surface area contributed by atoms with Gasteiger partial charge in [0.2, 0.25) is 0 Å². The highest BCUT2D eigenvalue weighted by Crippen LogP contribution is 2.26. The van der Waals surface area contributed by atoms with Crippen LogP contribution in [0.1, 0.15) is 49.3 Å². The molecule has 8 nitrogen and oxygen atoms in total. The Morgan fingerprint density at radius 1 is 1.16 bits per heavy atom. The number of likely N-dealkylation sites (tertiary alicyclic amines) is 1. The summed E-state index contributed by atoms with van der Waals surface area (Å²) in [4.78, 5) is 7.53. The summed E-state index contributed by atoms with van der Waals surface area (Å²) in [5.41, 5.74) is 1.15. The van der Waals surface area contributed by atoms with Crippen molar-refractivity contribution in [2.45, 2.75) is 64.2 Å². The van der Waals surface area contributed by atoms with Gasteiger partial charge in [-0.2, -0.15) is 0 Å². The van der Waals surface area contributed by atoms with Crippen LogP contribution in [0.4, 0.5) is 0 Å². The summed E-state index contributed by atoms with van der Waals surface area (Å²) < 4.78 is 7.26. The van der Waals surface area contributed by atoms with Gasteiger partial charge < -0.3 is 19.9 Å². The van der Waals surface area contributed by atoms with Gasteiger partial charge in [0.1, 0.15) is 11.6 Å². The van der Waals surface area contributed by atoms with Crippen LogP contribution in [0.3, 0.4) is 0 Å². The van der Waals surface area contributed by atoms with Crippen LogP contribution >= 0.6 is 24.0 Å². The summed E-state index contributed by atoms with van der Waals surface area (Å²) in [7, 11) is 3.67. The summed E-state index contributed by atoms with van der Waals surface area (Å²) in [5, 5.41) is 15.6. The number of ether oxygens (including phenoxy) is 1. The Morgan fingerprint density at radius 3 is 2.56 bits per heavy atom. The van der Waals surface area contributed by atoms with Gasteiger partial charge in [-0.25, -0.2) is 4.99 Å². The fourth-order valence-electron chi connectivity index (χ4n) is 4.52. The number of aryl methyl sites for hydroxylation is 1. The van der Waals surface area contributed by atoms with E-state index in [0.717, 1.165) is 47.9 Å². The van der Waals surface area contributed by atoms with Crippen molar-refractivity contribution in [3.63, 3.8) is 0 Å². The van der Waals surface area contributed by atoms with E-state index in [-0.39, 0.29) is 24.0 Å². The summed E-state index contributed by atoms with van der Waals surface area (Å²) in [6.07, 6.45) is 6.63. The van der Waals surface area contributed by atoms with Gasteiger partial charge >= 0.3 is 0 Å². The third-order valence-electron chi connectivity index (χ3n) is 6.58. The number of methoxy groups -OCH3 is 1. The fourth-order valence-corrected chi connectivity index (χ4v) is 4.52. The molecule has 4 rings (SSSR count). The number of benzene rings is 1. The standard InChI is InChI=1S/C23H35N7O.HI/c1-17-27-28-22(29(17)2)15-25-23(24-14-18-8-10-21(31-3)11-9-18)26-19-12-13-30(16-19)20-6-4-5-7-20;/h8-11,19-20H,4-7,12-16H2,1-3H3,(H2,24,25,26);1H. The van der Waals surface area contributed by atoms with Crippen LogP contribution < -0.4 is 15.4 Å². The van der Waals surface area contributed by atoms with E-state index in [4.69, 9.17) is 9.73 Å². The first-order valence-corrected chi connectivity index (χ1v) is 11.4. The molecule has 2 aromatic rings. The zero-order valence-electron chi connectivity index (χ0n) is 19.4. The Kier molecular flexibility index (Phi) is 9.15. The fraction of sp³-hybridized carbons (Fsp3) is 0.609. The van der Waals surface area contributed by atoms with Gasteiger partial charge in [0.05, 0.1) is 20.2 Å². The molecule has 2 heterocycles. The van der Waals surface area contributed by atoms with E-state index in [2.05, 4.69) is 37.9 Å². The zero-order chi connectivity index (χ0) is 21.6. The van der Waals surface area contributed by atoms with Gasteiger partial charge in [-0.1, -0.05) is 25.0 Å². The second-order valence-corrected chi connectivity index (χ2v) is 8.65. The summed E-state index contributed by atoms with van der Waals surface area (Å²) >= 11 is 0. The van der Waals surface area contributed by atoms with Crippen molar-refractivity contribution in [1.29, 1.82) is 0 Å². The third-order valence-corrected chi connectivity index (χ3v) is 6.58. The van der Waals surface area contributed by atoms with Crippen LogP contribution in [-0.2, 0) is 20.1 Å². The van der Waals surface area contributed by atoms with Crippen LogP contribution in [0.2, 0.25) is 0 Å². The normalized spacial score (nSPS) is 19.7. The average Bonchev–Trinajstić information content (AvgIpc) is 3.54. The number of rotatable bonds is 7. The maximum Gasteiger partial charge on any atom is 0.192 e. The molecule has 0 spiro atoms. The summed E-state index contributed by atoms with van der Waals surface area (Å²) in [6, 6.07) is 9.27. The van der Waals surface area contributed by atoms with Gasteiger partial charge in [-0.3, -0.25) is 4.90 Å². The topological polar surface area (TPSA) is 79.6 Å². The predicted octanol–water partition coefficient (Wildman–Crippen LogP) is 3.00. The van der Waals surface area contributed by atoms with E-state index < -0.39 is 0 Å². The Morgan fingerprint density at radius 2 is 1.91 bits per heavy atom. The van der Waals surface area contributed by atoms with Gasteiger partial charge in [-0.15, -0.1) is 34.2 Å². The monoisotopic (exact) mass is 553 g/mol. The molecule has 1 saturated carbocycles. The van der Waals surface area contributed by atoms with Crippen molar-refractivity contribution in [3.05, 3.63) is 41.5 Å². The maximum atomic E-state index is 5.26. The van der Waals surface area contributed by atoms with Crippen LogP contribution in [0.15, 0.2) is 29.3 Å². The van der Waals surface area contributed by atoms with Gasteiger partial charge in [0, 0.05) is 32.2 Å². The number of aromatic nitrogens is 3. The second-order valence-electron chi connectivity index (χ2n) is 8.65. The molecule has 32 heavy (non-hydrogen) atoms. The van der Waals surface area contributed by atoms with Gasteiger partial charge in [0.15, 0.2) is 11.8 Å². The predicted molar refractivity (Wildman–Crippen MR) is 137 cm³/mol. The van der Waals surface area contributed by atoms with E-state index in [0.29, 0.717) is 19.1 Å². The molecule has 1 unspecified atom stereocenters. The molecule has 176 valence electrons. The number of nitrogens with one attached hydrogen (secondary N) is 2. The molecule has 2 fully saturated rings. The van der Waals surface area contributed by atoms with Crippen molar-refractivity contribution in [2.75, 3.05) is 20.2 Å². The van der Waals surface area contributed by atoms with Crippen molar-refractivity contribution < 1.29 is 4.74 Å². The summed E-state index contributed by atoms with van der Waals surface area (Å²) in [5.74, 6) is 3.49. The van der Waals surface area contributed by atoms with E-state index in [1.165, 1.54) is 32.2 Å².